The quantitative estimate of drug-likeness (QED) is 0.900. The minimum Gasteiger partial charge on any atom is -0.496 e. The average Bonchev–Trinajstić information content (AvgIpc) is 2.79. The highest BCUT2D eigenvalue weighted by molar-refractivity contribution is 5.76. The van der Waals surface area contributed by atoms with Gasteiger partial charge in [0.1, 0.15) is 11.4 Å². The Morgan fingerprint density at radius 1 is 1.39 bits per heavy atom. The summed E-state index contributed by atoms with van der Waals surface area (Å²) in [6.07, 6.45) is 2.91. The molecule has 2 aromatic rings. The first-order valence-corrected chi connectivity index (χ1v) is 6.15. The number of para-hydroxylation sites is 1. The van der Waals surface area contributed by atoms with Gasteiger partial charge in [-0.25, -0.2) is 0 Å². The molecule has 4 nitrogen and oxygen atoms in total. The van der Waals surface area contributed by atoms with Crippen LogP contribution in [0.5, 0.6) is 5.75 Å². The third kappa shape index (κ3) is 2.18. The van der Waals surface area contributed by atoms with Gasteiger partial charge in [0.15, 0.2) is 0 Å². The fourth-order valence-electron chi connectivity index (χ4n) is 1.87. The molecular formula is C14H19N3O. The van der Waals surface area contributed by atoms with Crippen molar-refractivity contribution in [2.75, 3.05) is 12.8 Å². The summed E-state index contributed by atoms with van der Waals surface area (Å²) in [6, 6.07) is 8.12. The lowest BCUT2D eigenvalue weighted by molar-refractivity contribution is 0.416. The van der Waals surface area contributed by atoms with E-state index >= 15 is 0 Å². The van der Waals surface area contributed by atoms with Gasteiger partial charge in [-0.3, -0.25) is 4.68 Å². The summed E-state index contributed by atoms with van der Waals surface area (Å²) >= 11 is 0. The summed E-state index contributed by atoms with van der Waals surface area (Å²) in [7, 11) is 1.65. The summed E-state index contributed by atoms with van der Waals surface area (Å²) in [5, 5.41) is 4.57. The molecule has 0 amide bonds. The van der Waals surface area contributed by atoms with Crippen LogP contribution in [0.15, 0.2) is 30.5 Å². The Morgan fingerprint density at radius 3 is 2.78 bits per heavy atom. The zero-order valence-corrected chi connectivity index (χ0v) is 11.1. The van der Waals surface area contributed by atoms with E-state index in [-0.39, 0.29) is 0 Å². The molecule has 0 saturated heterocycles. The molecule has 0 saturated carbocycles. The Morgan fingerprint density at radius 2 is 2.11 bits per heavy atom. The van der Waals surface area contributed by atoms with Crippen molar-refractivity contribution < 1.29 is 4.74 Å². The van der Waals surface area contributed by atoms with Crippen LogP contribution >= 0.6 is 0 Å². The van der Waals surface area contributed by atoms with E-state index in [0.29, 0.717) is 11.7 Å². The van der Waals surface area contributed by atoms with Crippen LogP contribution in [0, 0.1) is 0 Å². The van der Waals surface area contributed by atoms with Gasteiger partial charge >= 0.3 is 0 Å². The topological polar surface area (TPSA) is 53.1 Å². The summed E-state index contributed by atoms with van der Waals surface area (Å²) in [6.45, 7) is 4.25. The Labute approximate surface area is 107 Å². The van der Waals surface area contributed by atoms with Crippen LogP contribution in [0.4, 0.5) is 5.69 Å². The third-order valence-electron chi connectivity index (χ3n) is 3.16. The highest BCUT2D eigenvalue weighted by atomic mass is 16.5. The lowest BCUT2D eigenvalue weighted by atomic mass is 10.1. The van der Waals surface area contributed by atoms with E-state index in [1.807, 2.05) is 35.1 Å². The summed E-state index contributed by atoms with van der Waals surface area (Å²) in [5.41, 5.74) is 8.45. The molecule has 96 valence electrons. The molecule has 0 spiro atoms. The minimum absolute atomic E-state index is 0.343. The predicted octanol–water partition coefficient (Wildman–Crippen LogP) is 3.11. The van der Waals surface area contributed by atoms with Crippen LogP contribution in [-0.2, 0) is 0 Å². The molecule has 1 aromatic carbocycles. The monoisotopic (exact) mass is 245 g/mol. The molecule has 1 unspecified atom stereocenters. The van der Waals surface area contributed by atoms with Gasteiger partial charge in [0.05, 0.1) is 12.8 Å². The van der Waals surface area contributed by atoms with Gasteiger partial charge in [-0.05, 0) is 25.5 Å². The molecule has 0 aliphatic rings. The molecule has 4 heteroatoms. The average molecular weight is 245 g/mol. The van der Waals surface area contributed by atoms with E-state index in [9.17, 15) is 0 Å². The standard InChI is InChI=1S/C14H19N3O/c1-4-10(2)17-9-12(15)14(16-17)11-7-5-6-8-13(11)18-3/h5-10H,4,15H2,1-3H3. The van der Waals surface area contributed by atoms with E-state index in [1.165, 1.54) is 0 Å². The van der Waals surface area contributed by atoms with Gasteiger partial charge in [-0.2, -0.15) is 5.10 Å². The molecule has 2 N–H and O–H groups in total. The van der Waals surface area contributed by atoms with E-state index in [0.717, 1.165) is 23.4 Å². The summed E-state index contributed by atoms with van der Waals surface area (Å²) in [4.78, 5) is 0. The molecule has 0 fully saturated rings. The van der Waals surface area contributed by atoms with Crippen LogP contribution in [0.2, 0.25) is 0 Å². The molecule has 1 aromatic heterocycles. The molecule has 18 heavy (non-hydrogen) atoms. The van der Waals surface area contributed by atoms with Crippen molar-refractivity contribution in [3.8, 4) is 17.0 Å². The third-order valence-corrected chi connectivity index (χ3v) is 3.16. The predicted molar refractivity (Wildman–Crippen MR) is 73.6 cm³/mol. The maximum absolute atomic E-state index is 6.05. The zero-order valence-electron chi connectivity index (χ0n) is 11.1. The molecule has 1 heterocycles. The van der Waals surface area contributed by atoms with Gasteiger partial charge in [-0.1, -0.05) is 19.1 Å². The maximum atomic E-state index is 6.05. The maximum Gasteiger partial charge on any atom is 0.128 e. The summed E-state index contributed by atoms with van der Waals surface area (Å²) < 4.78 is 7.26. The Hall–Kier alpha value is -1.97. The molecule has 2 rings (SSSR count). The number of anilines is 1. The van der Waals surface area contributed by atoms with Gasteiger partial charge in [0, 0.05) is 17.8 Å². The fourth-order valence-corrected chi connectivity index (χ4v) is 1.87. The van der Waals surface area contributed by atoms with Crippen LogP contribution in [0.1, 0.15) is 26.3 Å². The fraction of sp³-hybridized carbons (Fsp3) is 0.357. The van der Waals surface area contributed by atoms with Crippen molar-refractivity contribution in [1.82, 2.24) is 9.78 Å². The SMILES string of the molecule is CCC(C)n1cc(N)c(-c2ccccc2OC)n1. The number of nitrogen functional groups attached to an aromatic ring is 1. The molecule has 0 aliphatic carbocycles. The van der Waals surface area contributed by atoms with Crippen LogP contribution in [0.3, 0.4) is 0 Å². The van der Waals surface area contributed by atoms with Crippen molar-refractivity contribution in [1.29, 1.82) is 0 Å². The number of benzene rings is 1. The number of aromatic nitrogens is 2. The first-order valence-electron chi connectivity index (χ1n) is 6.15. The Kier molecular flexibility index (Phi) is 3.55. The van der Waals surface area contributed by atoms with Crippen molar-refractivity contribution in [2.45, 2.75) is 26.3 Å². The normalized spacial score (nSPS) is 12.4. The van der Waals surface area contributed by atoms with Crippen LogP contribution in [0.25, 0.3) is 11.3 Å². The van der Waals surface area contributed by atoms with Crippen LogP contribution in [-0.4, -0.2) is 16.9 Å². The lowest BCUT2D eigenvalue weighted by Gasteiger charge is -2.08. The molecular weight excluding hydrogens is 226 g/mol. The van der Waals surface area contributed by atoms with Gasteiger partial charge in [0.25, 0.3) is 0 Å². The number of ether oxygens (including phenoxy) is 1. The molecule has 0 bridgehead atoms. The van der Waals surface area contributed by atoms with Gasteiger partial charge in [-0.15, -0.1) is 0 Å². The van der Waals surface area contributed by atoms with E-state index < -0.39 is 0 Å². The second kappa shape index (κ2) is 5.12. The van der Waals surface area contributed by atoms with E-state index in [2.05, 4.69) is 18.9 Å². The highest BCUT2D eigenvalue weighted by Crippen LogP contribution is 2.32. The smallest absolute Gasteiger partial charge is 0.128 e. The number of rotatable bonds is 4. The number of methoxy groups -OCH3 is 1. The van der Waals surface area contributed by atoms with Gasteiger partial charge in [0.2, 0.25) is 0 Å². The summed E-state index contributed by atoms with van der Waals surface area (Å²) in [5.74, 6) is 0.790. The van der Waals surface area contributed by atoms with Gasteiger partial charge < -0.3 is 10.5 Å². The van der Waals surface area contributed by atoms with Crippen molar-refractivity contribution in [3.63, 3.8) is 0 Å². The van der Waals surface area contributed by atoms with Crippen molar-refractivity contribution >= 4 is 5.69 Å². The first kappa shape index (κ1) is 12.5. The number of nitrogens with two attached hydrogens (primary N) is 1. The molecule has 1 atom stereocenters. The highest BCUT2D eigenvalue weighted by Gasteiger charge is 2.14. The Balaban J connectivity index is 2.47. The van der Waals surface area contributed by atoms with Crippen molar-refractivity contribution in [3.05, 3.63) is 30.5 Å². The molecule has 0 radical (unpaired) electrons. The number of hydrogen-bond donors (Lipinski definition) is 1. The molecule has 0 aliphatic heterocycles. The second-order valence-electron chi connectivity index (χ2n) is 4.37. The number of hydrogen-bond acceptors (Lipinski definition) is 3. The van der Waals surface area contributed by atoms with E-state index in [4.69, 9.17) is 10.5 Å². The van der Waals surface area contributed by atoms with E-state index in [1.54, 1.807) is 7.11 Å². The largest absolute Gasteiger partial charge is 0.496 e. The Bertz CT molecular complexity index is 534. The lowest BCUT2D eigenvalue weighted by Crippen LogP contribution is -2.04. The van der Waals surface area contributed by atoms with Crippen molar-refractivity contribution in [2.24, 2.45) is 0 Å². The zero-order chi connectivity index (χ0) is 13.1. The first-order chi connectivity index (χ1) is 8.67. The van der Waals surface area contributed by atoms with Crippen LogP contribution < -0.4 is 10.5 Å². The second-order valence-corrected chi connectivity index (χ2v) is 4.37. The number of nitrogens with zero attached hydrogens (tertiary/aromatic N) is 2. The minimum atomic E-state index is 0.343.